The molecule has 1 fully saturated rings. The minimum atomic E-state index is -0.111. The fourth-order valence-electron chi connectivity index (χ4n) is 4.62. The molecule has 1 aromatic heterocycles. The van der Waals surface area contributed by atoms with E-state index < -0.39 is 0 Å². The lowest BCUT2D eigenvalue weighted by atomic mass is 9.95. The Labute approximate surface area is 190 Å². The van der Waals surface area contributed by atoms with Crippen molar-refractivity contribution < 1.29 is 9.59 Å². The van der Waals surface area contributed by atoms with Crippen LogP contribution in [0.5, 0.6) is 0 Å². The van der Waals surface area contributed by atoms with Crippen LogP contribution >= 0.6 is 0 Å². The molecule has 32 heavy (non-hydrogen) atoms. The minimum Gasteiger partial charge on any atom is -0.361 e. The van der Waals surface area contributed by atoms with Gasteiger partial charge in [-0.2, -0.15) is 0 Å². The Morgan fingerprint density at radius 1 is 1.09 bits per heavy atom. The first-order valence-electron chi connectivity index (χ1n) is 11.8. The summed E-state index contributed by atoms with van der Waals surface area (Å²) in [5.41, 5.74) is 3.57. The molecule has 2 aromatic carbocycles. The van der Waals surface area contributed by atoms with Crippen LogP contribution in [0.15, 0.2) is 60.8 Å². The number of nitrogens with zero attached hydrogens (tertiary/aromatic N) is 1. The third kappa shape index (κ3) is 5.58. The molecular weight excluding hydrogens is 398 g/mol. The van der Waals surface area contributed by atoms with E-state index >= 15 is 0 Å². The van der Waals surface area contributed by atoms with Gasteiger partial charge in [-0.05, 0) is 56.2 Å². The first kappa shape index (κ1) is 22.1. The number of piperidine rings is 1. The second-order valence-electron chi connectivity index (χ2n) is 8.97. The lowest BCUT2D eigenvalue weighted by molar-refractivity contribution is -0.135. The fraction of sp³-hybridized carbons (Fsp3) is 0.407. The molecule has 0 spiro atoms. The van der Waals surface area contributed by atoms with Gasteiger partial charge >= 0.3 is 0 Å². The van der Waals surface area contributed by atoms with Crippen molar-refractivity contribution in [3.8, 4) is 0 Å². The Morgan fingerprint density at radius 2 is 1.88 bits per heavy atom. The molecule has 0 radical (unpaired) electrons. The van der Waals surface area contributed by atoms with Gasteiger partial charge in [-0.15, -0.1) is 0 Å². The molecule has 4 rings (SSSR count). The van der Waals surface area contributed by atoms with Gasteiger partial charge in [-0.3, -0.25) is 9.59 Å². The maximum Gasteiger partial charge on any atom is 0.225 e. The molecule has 1 aliphatic rings. The number of para-hydroxylation sites is 1. The molecule has 3 aromatic rings. The van der Waals surface area contributed by atoms with Gasteiger partial charge in [-0.1, -0.05) is 48.5 Å². The molecule has 5 nitrogen and oxygen atoms in total. The van der Waals surface area contributed by atoms with Gasteiger partial charge in [0.2, 0.25) is 11.8 Å². The second kappa shape index (κ2) is 10.5. The molecule has 0 unspecified atom stereocenters. The first-order valence-corrected chi connectivity index (χ1v) is 11.8. The summed E-state index contributed by atoms with van der Waals surface area (Å²) in [7, 11) is 0. The average molecular weight is 432 g/mol. The Balaban J connectivity index is 1.24. The Morgan fingerprint density at radius 3 is 2.72 bits per heavy atom. The van der Waals surface area contributed by atoms with Crippen molar-refractivity contribution in [1.29, 1.82) is 0 Å². The number of nitrogens with one attached hydrogen (secondary N) is 2. The Bertz CT molecular complexity index is 1040. The van der Waals surface area contributed by atoms with Crippen LogP contribution in [0.4, 0.5) is 0 Å². The van der Waals surface area contributed by atoms with Crippen LogP contribution in [-0.2, 0) is 22.4 Å². The highest BCUT2D eigenvalue weighted by atomic mass is 16.2. The lowest BCUT2D eigenvalue weighted by Crippen LogP contribution is -2.47. The largest absolute Gasteiger partial charge is 0.361 e. The predicted octanol–water partition coefficient (Wildman–Crippen LogP) is 4.48. The average Bonchev–Trinajstić information content (AvgIpc) is 3.25. The van der Waals surface area contributed by atoms with E-state index in [9.17, 15) is 9.59 Å². The van der Waals surface area contributed by atoms with E-state index in [1.165, 1.54) is 16.5 Å². The molecule has 1 aliphatic heterocycles. The number of rotatable bonds is 8. The van der Waals surface area contributed by atoms with E-state index in [-0.39, 0.29) is 23.8 Å². The van der Waals surface area contributed by atoms with E-state index in [1.807, 2.05) is 41.4 Å². The monoisotopic (exact) mass is 431 g/mol. The Hall–Kier alpha value is -3.08. The SMILES string of the molecule is C[C@@H](CCc1ccccc1)NC(=O)[C@H]1CCCN(C(=O)CCc2c[nH]c3ccccc23)C1. The summed E-state index contributed by atoms with van der Waals surface area (Å²) in [5.74, 6) is 0.115. The number of benzene rings is 2. The third-order valence-corrected chi connectivity index (χ3v) is 6.53. The van der Waals surface area contributed by atoms with Gasteiger partial charge in [0.25, 0.3) is 0 Å². The van der Waals surface area contributed by atoms with Gasteiger partial charge in [-0.25, -0.2) is 0 Å². The molecule has 2 atom stereocenters. The minimum absolute atomic E-state index is 0.0830. The number of fused-ring (bicyclic) bond motifs is 1. The van der Waals surface area contributed by atoms with Gasteiger partial charge in [0.05, 0.1) is 5.92 Å². The highest BCUT2D eigenvalue weighted by molar-refractivity contribution is 5.84. The van der Waals surface area contributed by atoms with Crippen molar-refractivity contribution in [3.05, 3.63) is 71.9 Å². The third-order valence-electron chi connectivity index (χ3n) is 6.53. The summed E-state index contributed by atoms with van der Waals surface area (Å²) in [5, 5.41) is 4.35. The zero-order chi connectivity index (χ0) is 22.3. The summed E-state index contributed by atoms with van der Waals surface area (Å²) in [6.07, 6.45) is 6.79. The van der Waals surface area contributed by atoms with Gasteiger partial charge in [0, 0.05) is 42.7 Å². The first-order chi connectivity index (χ1) is 15.6. The van der Waals surface area contributed by atoms with Crippen LogP contribution in [0, 0.1) is 5.92 Å². The predicted molar refractivity (Wildman–Crippen MR) is 128 cm³/mol. The quantitative estimate of drug-likeness (QED) is 0.552. The number of aromatic amines is 1. The maximum absolute atomic E-state index is 12.9. The van der Waals surface area contributed by atoms with Crippen molar-refractivity contribution in [2.24, 2.45) is 5.92 Å². The number of H-pyrrole nitrogens is 1. The van der Waals surface area contributed by atoms with Crippen molar-refractivity contribution in [2.45, 2.75) is 51.5 Å². The smallest absolute Gasteiger partial charge is 0.225 e. The van der Waals surface area contributed by atoms with Crippen LogP contribution in [-0.4, -0.2) is 40.8 Å². The van der Waals surface area contributed by atoms with E-state index in [1.54, 1.807) is 0 Å². The molecule has 2 heterocycles. The fourth-order valence-corrected chi connectivity index (χ4v) is 4.62. The zero-order valence-electron chi connectivity index (χ0n) is 18.8. The molecule has 5 heteroatoms. The molecule has 2 N–H and O–H groups in total. The molecule has 0 aliphatic carbocycles. The number of hydrogen-bond acceptors (Lipinski definition) is 2. The molecular formula is C27H33N3O2. The number of aryl methyl sites for hydroxylation is 2. The van der Waals surface area contributed by atoms with Crippen LogP contribution in [0.3, 0.4) is 0 Å². The van der Waals surface area contributed by atoms with Gasteiger partial charge < -0.3 is 15.2 Å². The van der Waals surface area contributed by atoms with Crippen molar-refractivity contribution in [2.75, 3.05) is 13.1 Å². The van der Waals surface area contributed by atoms with Crippen molar-refractivity contribution in [1.82, 2.24) is 15.2 Å². The molecule has 168 valence electrons. The van der Waals surface area contributed by atoms with Gasteiger partial charge in [0.15, 0.2) is 0 Å². The number of carbonyl (C=O) groups excluding carboxylic acids is 2. The summed E-state index contributed by atoms with van der Waals surface area (Å²) in [6.45, 7) is 3.35. The molecule has 2 amide bonds. The van der Waals surface area contributed by atoms with Crippen LogP contribution < -0.4 is 5.32 Å². The molecule has 0 saturated carbocycles. The molecule has 0 bridgehead atoms. The number of carbonyl (C=O) groups is 2. The highest BCUT2D eigenvalue weighted by Crippen LogP contribution is 2.21. The van der Waals surface area contributed by atoms with Crippen molar-refractivity contribution in [3.63, 3.8) is 0 Å². The van der Waals surface area contributed by atoms with E-state index in [4.69, 9.17) is 0 Å². The maximum atomic E-state index is 12.9. The van der Waals surface area contributed by atoms with E-state index in [0.717, 1.165) is 37.7 Å². The summed E-state index contributed by atoms with van der Waals surface area (Å²) in [4.78, 5) is 30.8. The zero-order valence-corrected chi connectivity index (χ0v) is 18.8. The highest BCUT2D eigenvalue weighted by Gasteiger charge is 2.28. The van der Waals surface area contributed by atoms with Crippen LogP contribution in [0.25, 0.3) is 10.9 Å². The van der Waals surface area contributed by atoms with E-state index in [0.29, 0.717) is 19.4 Å². The summed E-state index contributed by atoms with van der Waals surface area (Å²) < 4.78 is 0. The standard InChI is InChI=1S/C27H33N3O2/c1-20(13-14-21-8-3-2-4-9-21)29-27(32)23-10-7-17-30(19-23)26(31)16-15-22-18-28-25-12-6-5-11-24(22)25/h2-6,8-9,11-12,18,20,23,28H,7,10,13-17,19H2,1H3,(H,29,32)/t20-,23-/m0/s1. The Kier molecular flexibility index (Phi) is 7.25. The number of amides is 2. The van der Waals surface area contributed by atoms with Crippen molar-refractivity contribution >= 4 is 22.7 Å². The van der Waals surface area contributed by atoms with Gasteiger partial charge in [0.1, 0.15) is 0 Å². The number of hydrogen-bond donors (Lipinski definition) is 2. The van der Waals surface area contributed by atoms with E-state index in [2.05, 4.69) is 41.5 Å². The van der Waals surface area contributed by atoms with Crippen LogP contribution in [0.2, 0.25) is 0 Å². The topological polar surface area (TPSA) is 65.2 Å². The number of likely N-dealkylation sites (tertiary alicyclic amines) is 1. The second-order valence-corrected chi connectivity index (χ2v) is 8.97. The summed E-state index contributed by atoms with van der Waals surface area (Å²) >= 11 is 0. The summed E-state index contributed by atoms with van der Waals surface area (Å²) in [6, 6.07) is 18.6. The normalized spacial score (nSPS) is 17.3. The lowest BCUT2D eigenvalue weighted by Gasteiger charge is -2.32. The number of aromatic nitrogens is 1. The van der Waals surface area contributed by atoms with Crippen LogP contribution in [0.1, 0.15) is 43.7 Å². The molecule has 1 saturated heterocycles.